The number of halogens is 3. The number of hydrogen-bond donors (Lipinski definition) is 3. The minimum Gasteiger partial charge on any atom is -0.394 e. The van der Waals surface area contributed by atoms with Crippen LogP contribution in [0.2, 0.25) is 0 Å². The molecule has 0 radical (unpaired) electrons. The first kappa shape index (κ1) is 14.0. The average molecular weight is 310 g/mol. The minimum atomic E-state index is -1.79. The summed E-state index contributed by atoms with van der Waals surface area (Å²) in [4.78, 5) is 0. The lowest BCUT2D eigenvalue weighted by Crippen LogP contribution is -2.42. The zero-order valence-corrected chi connectivity index (χ0v) is 10.6. The molecular formula is C8H11Cl3O6. The lowest BCUT2D eigenvalue weighted by atomic mass is 10.1. The Labute approximate surface area is 112 Å². The van der Waals surface area contributed by atoms with Gasteiger partial charge in [0.05, 0.1) is 6.61 Å². The first-order valence-corrected chi connectivity index (χ1v) is 5.98. The average Bonchev–Trinajstić information content (AvgIpc) is 2.77. The van der Waals surface area contributed by atoms with E-state index in [1.807, 2.05) is 0 Å². The standard InChI is InChI=1S/C8H11Cl3O6/c9-8(10,11)7-16-5-3(14)4(2(13)1-12)15-6(5)17-7/h2-7,12-14H,1H2/t2?,3-,4+,5+,6+,7+/m1/s1. The number of hydrogen-bond acceptors (Lipinski definition) is 6. The van der Waals surface area contributed by atoms with Gasteiger partial charge in [0.2, 0.25) is 10.1 Å². The zero-order valence-electron chi connectivity index (χ0n) is 8.37. The molecule has 2 fully saturated rings. The number of aliphatic hydroxyl groups excluding tert-OH is 3. The highest BCUT2D eigenvalue weighted by molar-refractivity contribution is 6.67. The summed E-state index contributed by atoms with van der Waals surface area (Å²) in [7, 11) is 0. The molecule has 0 aromatic heterocycles. The fourth-order valence-corrected chi connectivity index (χ4v) is 2.10. The Balaban J connectivity index is 2.01. The van der Waals surface area contributed by atoms with Gasteiger partial charge in [0.15, 0.2) is 6.29 Å². The Kier molecular flexibility index (Phi) is 4.10. The third-order valence-corrected chi connectivity index (χ3v) is 3.14. The van der Waals surface area contributed by atoms with Crippen molar-refractivity contribution in [3.05, 3.63) is 0 Å². The van der Waals surface area contributed by atoms with Crippen molar-refractivity contribution in [2.45, 2.75) is 40.8 Å². The van der Waals surface area contributed by atoms with Crippen molar-refractivity contribution in [3.8, 4) is 0 Å². The van der Waals surface area contributed by atoms with Crippen LogP contribution >= 0.6 is 34.8 Å². The maximum absolute atomic E-state index is 9.81. The summed E-state index contributed by atoms with van der Waals surface area (Å²) in [5.74, 6) is 0. The molecule has 0 spiro atoms. The van der Waals surface area contributed by atoms with Crippen LogP contribution < -0.4 is 0 Å². The van der Waals surface area contributed by atoms with E-state index in [2.05, 4.69) is 0 Å². The lowest BCUT2D eigenvalue weighted by molar-refractivity contribution is -0.188. The van der Waals surface area contributed by atoms with Gasteiger partial charge in [-0.05, 0) is 0 Å². The van der Waals surface area contributed by atoms with Crippen molar-refractivity contribution in [1.29, 1.82) is 0 Å². The van der Waals surface area contributed by atoms with Crippen LogP contribution in [0, 0.1) is 0 Å². The SMILES string of the molecule is OCC(O)[C@@H]1O[C@H]2O[C@@H](C(Cl)(Cl)Cl)O[C@H]2[C@@H]1O. The Morgan fingerprint density at radius 3 is 2.29 bits per heavy atom. The molecule has 17 heavy (non-hydrogen) atoms. The Bertz CT molecular complexity index is 285. The maximum Gasteiger partial charge on any atom is 0.241 e. The normalized spacial score (nSPS) is 43.8. The Morgan fingerprint density at radius 1 is 1.18 bits per heavy atom. The van der Waals surface area contributed by atoms with Crippen LogP contribution in [0.5, 0.6) is 0 Å². The molecule has 2 heterocycles. The molecule has 0 saturated carbocycles. The Morgan fingerprint density at radius 2 is 1.82 bits per heavy atom. The highest BCUT2D eigenvalue weighted by atomic mass is 35.6. The van der Waals surface area contributed by atoms with Crippen molar-refractivity contribution < 1.29 is 29.5 Å². The van der Waals surface area contributed by atoms with E-state index in [1.165, 1.54) is 0 Å². The van der Waals surface area contributed by atoms with Crippen LogP contribution in [0.3, 0.4) is 0 Å². The monoisotopic (exact) mass is 308 g/mol. The molecule has 100 valence electrons. The second kappa shape index (κ2) is 4.96. The first-order valence-electron chi connectivity index (χ1n) is 4.84. The van der Waals surface area contributed by atoms with Gasteiger partial charge in [-0.1, -0.05) is 34.8 Å². The van der Waals surface area contributed by atoms with Gasteiger partial charge in [-0.2, -0.15) is 0 Å². The molecule has 2 rings (SSSR count). The molecule has 9 heteroatoms. The molecule has 6 nitrogen and oxygen atoms in total. The van der Waals surface area contributed by atoms with E-state index < -0.39 is 47.4 Å². The van der Waals surface area contributed by atoms with E-state index in [-0.39, 0.29) is 0 Å². The van der Waals surface area contributed by atoms with E-state index in [0.29, 0.717) is 0 Å². The molecular weight excluding hydrogens is 298 g/mol. The van der Waals surface area contributed by atoms with Crippen molar-refractivity contribution in [1.82, 2.24) is 0 Å². The van der Waals surface area contributed by atoms with Crippen LogP contribution in [0.25, 0.3) is 0 Å². The van der Waals surface area contributed by atoms with E-state index in [0.717, 1.165) is 0 Å². The van der Waals surface area contributed by atoms with E-state index >= 15 is 0 Å². The molecule has 0 bridgehead atoms. The van der Waals surface area contributed by atoms with Crippen molar-refractivity contribution >= 4 is 34.8 Å². The number of alkyl halides is 3. The third-order valence-electron chi connectivity index (χ3n) is 2.60. The lowest BCUT2D eigenvalue weighted by Gasteiger charge is -2.24. The molecule has 0 amide bonds. The number of rotatable bonds is 2. The number of fused-ring (bicyclic) bond motifs is 1. The van der Waals surface area contributed by atoms with Gasteiger partial charge in [-0.25, -0.2) is 0 Å². The van der Waals surface area contributed by atoms with Crippen molar-refractivity contribution in [2.75, 3.05) is 6.61 Å². The van der Waals surface area contributed by atoms with Crippen LogP contribution in [-0.2, 0) is 14.2 Å². The van der Waals surface area contributed by atoms with Gasteiger partial charge in [0, 0.05) is 0 Å². The highest BCUT2D eigenvalue weighted by Gasteiger charge is 2.57. The summed E-state index contributed by atoms with van der Waals surface area (Å²) in [5.41, 5.74) is 0. The molecule has 2 saturated heterocycles. The van der Waals surface area contributed by atoms with Gasteiger partial charge in [0.25, 0.3) is 0 Å². The van der Waals surface area contributed by atoms with Gasteiger partial charge in [-0.15, -0.1) is 0 Å². The number of aliphatic hydroxyl groups is 3. The van der Waals surface area contributed by atoms with Crippen LogP contribution in [-0.4, -0.2) is 62.7 Å². The predicted molar refractivity (Wildman–Crippen MR) is 57.8 cm³/mol. The summed E-state index contributed by atoms with van der Waals surface area (Å²) >= 11 is 16.7. The van der Waals surface area contributed by atoms with Crippen molar-refractivity contribution in [3.63, 3.8) is 0 Å². The quantitative estimate of drug-likeness (QED) is 0.598. The van der Waals surface area contributed by atoms with Gasteiger partial charge in [0.1, 0.15) is 24.4 Å². The Hall–Kier alpha value is 0.630. The van der Waals surface area contributed by atoms with Gasteiger partial charge in [-0.3, -0.25) is 0 Å². The molecule has 1 unspecified atom stereocenters. The number of ether oxygens (including phenoxy) is 3. The van der Waals surface area contributed by atoms with Gasteiger partial charge >= 0.3 is 0 Å². The zero-order chi connectivity index (χ0) is 12.8. The summed E-state index contributed by atoms with van der Waals surface area (Å²) < 4.78 is 13.8. The largest absolute Gasteiger partial charge is 0.394 e. The predicted octanol–water partition coefficient (Wildman–Crippen LogP) is -0.463. The summed E-state index contributed by atoms with van der Waals surface area (Å²) in [6.45, 7) is -0.547. The van der Waals surface area contributed by atoms with Crippen LogP contribution in [0.1, 0.15) is 0 Å². The molecule has 0 aromatic rings. The summed E-state index contributed by atoms with van der Waals surface area (Å²) in [6, 6.07) is 0. The minimum absolute atomic E-state index is 0.547. The first-order chi connectivity index (χ1) is 7.84. The summed E-state index contributed by atoms with van der Waals surface area (Å²) in [6.07, 6.45) is -6.33. The van der Waals surface area contributed by atoms with E-state index in [1.54, 1.807) is 0 Å². The molecule has 0 aromatic carbocycles. The van der Waals surface area contributed by atoms with Crippen LogP contribution in [0.15, 0.2) is 0 Å². The highest BCUT2D eigenvalue weighted by Crippen LogP contribution is 2.42. The second-order valence-electron chi connectivity index (χ2n) is 3.82. The molecule has 6 atom stereocenters. The van der Waals surface area contributed by atoms with Crippen molar-refractivity contribution in [2.24, 2.45) is 0 Å². The summed E-state index contributed by atoms with van der Waals surface area (Å²) in [5, 5.41) is 28.0. The van der Waals surface area contributed by atoms with E-state index in [9.17, 15) is 10.2 Å². The van der Waals surface area contributed by atoms with Gasteiger partial charge < -0.3 is 29.5 Å². The fraction of sp³-hybridized carbons (Fsp3) is 1.00. The smallest absolute Gasteiger partial charge is 0.241 e. The molecule has 2 aliphatic heterocycles. The maximum atomic E-state index is 9.81. The fourth-order valence-electron chi connectivity index (χ4n) is 1.79. The molecule has 3 N–H and O–H groups in total. The topological polar surface area (TPSA) is 88.4 Å². The second-order valence-corrected chi connectivity index (χ2v) is 6.19. The van der Waals surface area contributed by atoms with E-state index in [4.69, 9.17) is 54.1 Å². The molecule has 2 aliphatic rings. The van der Waals surface area contributed by atoms with Crippen LogP contribution in [0.4, 0.5) is 0 Å². The molecule has 0 aliphatic carbocycles. The third kappa shape index (κ3) is 2.65.